The van der Waals surface area contributed by atoms with Crippen molar-refractivity contribution in [2.45, 2.75) is 38.1 Å². The van der Waals surface area contributed by atoms with Gasteiger partial charge >= 0.3 is 0 Å². The first kappa shape index (κ1) is 15.3. The first-order valence-electron chi connectivity index (χ1n) is 8.52. The molecule has 3 aliphatic heterocycles. The van der Waals surface area contributed by atoms with Crippen LogP contribution in [0.4, 0.5) is 0 Å². The van der Waals surface area contributed by atoms with E-state index >= 15 is 0 Å². The van der Waals surface area contributed by atoms with Crippen LogP contribution in [0.25, 0.3) is 0 Å². The highest BCUT2D eigenvalue weighted by atomic mass is 16.5. The number of hydrogen-bond acceptors (Lipinski definition) is 4. The average molecular weight is 295 g/mol. The van der Waals surface area contributed by atoms with Gasteiger partial charge < -0.3 is 15.4 Å². The van der Waals surface area contributed by atoms with E-state index in [0.29, 0.717) is 5.92 Å². The number of nitrogens with one attached hydrogen (secondary N) is 2. The Hall–Kier alpha value is -0.650. The fraction of sp³-hybridized carbons (Fsp3) is 0.938. The van der Waals surface area contributed by atoms with E-state index in [1.165, 1.54) is 25.9 Å². The molecule has 0 spiro atoms. The smallest absolute Gasteiger partial charge is 0.223 e. The summed E-state index contributed by atoms with van der Waals surface area (Å²) < 4.78 is 5.56. The highest BCUT2D eigenvalue weighted by Crippen LogP contribution is 2.31. The van der Waals surface area contributed by atoms with E-state index in [-0.39, 0.29) is 17.4 Å². The summed E-state index contributed by atoms with van der Waals surface area (Å²) in [4.78, 5) is 15.0. The van der Waals surface area contributed by atoms with Gasteiger partial charge in [0.05, 0.1) is 0 Å². The van der Waals surface area contributed by atoms with E-state index in [1.54, 1.807) is 0 Å². The van der Waals surface area contributed by atoms with Crippen molar-refractivity contribution in [3.8, 4) is 0 Å². The van der Waals surface area contributed by atoms with Gasteiger partial charge in [-0.1, -0.05) is 6.92 Å². The molecular formula is C16H29N3O2. The van der Waals surface area contributed by atoms with Gasteiger partial charge in [0, 0.05) is 31.2 Å². The molecule has 5 nitrogen and oxygen atoms in total. The van der Waals surface area contributed by atoms with Crippen LogP contribution < -0.4 is 10.6 Å². The maximum absolute atomic E-state index is 12.4. The molecule has 120 valence electrons. The number of amides is 1. The average Bonchev–Trinajstić information content (AvgIpc) is 2.98. The maximum Gasteiger partial charge on any atom is 0.223 e. The monoisotopic (exact) mass is 295 g/mol. The minimum atomic E-state index is 0.127. The Balaban J connectivity index is 1.57. The zero-order valence-electron chi connectivity index (χ0n) is 13.2. The summed E-state index contributed by atoms with van der Waals surface area (Å²) in [6.45, 7) is 8.84. The van der Waals surface area contributed by atoms with E-state index < -0.39 is 0 Å². The second-order valence-electron chi connectivity index (χ2n) is 6.96. The van der Waals surface area contributed by atoms with Crippen molar-refractivity contribution >= 4 is 5.91 Å². The van der Waals surface area contributed by atoms with Gasteiger partial charge in [-0.3, -0.25) is 9.69 Å². The van der Waals surface area contributed by atoms with Crippen molar-refractivity contribution in [1.82, 2.24) is 15.5 Å². The lowest BCUT2D eigenvalue weighted by Crippen LogP contribution is -2.58. The zero-order chi connectivity index (χ0) is 14.7. The molecule has 1 unspecified atom stereocenters. The fourth-order valence-electron chi connectivity index (χ4n) is 3.84. The molecule has 2 N–H and O–H groups in total. The maximum atomic E-state index is 12.4. The summed E-state index contributed by atoms with van der Waals surface area (Å²) in [5.74, 6) is 0.871. The normalized spacial score (nSPS) is 28.0. The van der Waals surface area contributed by atoms with Crippen LogP contribution in [0.2, 0.25) is 0 Å². The van der Waals surface area contributed by atoms with E-state index in [4.69, 9.17) is 4.74 Å². The van der Waals surface area contributed by atoms with E-state index in [9.17, 15) is 4.79 Å². The molecule has 3 heterocycles. The largest absolute Gasteiger partial charge is 0.381 e. The molecular weight excluding hydrogens is 266 g/mol. The third kappa shape index (κ3) is 3.25. The molecule has 1 atom stereocenters. The van der Waals surface area contributed by atoms with Crippen LogP contribution in [0.15, 0.2) is 0 Å². The Labute approximate surface area is 127 Å². The zero-order valence-corrected chi connectivity index (χ0v) is 13.2. The van der Waals surface area contributed by atoms with Crippen molar-refractivity contribution in [3.05, 3.63) is 0 Å². The third-order valence-corrected chi connectivity index (χ3v) is 5.73. The standard InChI is InChI=1S/C16H29N3O2/c1-13(14-10-17-11-14)15(20)18-12-16(4-8-21-9-5-16)19-6-2-3-7-19/h13-14,17H,2-12H2,1H3,(H,18,20). The van der Waals surface area contributed by atoms with Crippen molar-refractivity contribution in [2.75, 3.05) is 45.9 Å². The number of ether oxygens (including phenoxy) is 1. The molecule has 21 heavy (non-hydrogen) atoms. The van der Waals surface area contributed by atoms with E-state index in [1.807, 2.05) is 0 Å². The molecule has 0 aromatic carbocycles. The van der Waals surface area contributed by atoms with Crippen LogP contribution in [0.3, 0.4) is 0 Å². The summed E-state index contributed by atoms with van der Waals surface area (Å²) >= 11 is 0. The van der Waals surface area contributed by atoms with Gasteiger partial charge in [0.25, 0.3) is 0 Å². The van der Waals surface area contributed by atoms with Gasteiger partial charge in [0.1, 0.15) is 0 Å². The molecule has 0 aromatic heterocycles. The van der Waals surface area contributed by atoms with Crippen LogP contribution in [0.5, 0.6) is 0 Å². The van der Waals surface area contributed by atoms with Crippen LogP contribution in [-0.2, 0) is 9.53 Å². The molecule has 0 aliphatic carbocycles. The molecule has 0 aromatic rings. The second-order valence-corrected chi connectivity index (χ2v) is 6.96. The molecule has 3 saturated heterocycles. The Kier molecular flexibility index (Phi) is 4.82. The summed E-state index contributed by atoms with van der Waals surface area (Å²) in [5, 5.41) is 6.50. The van der Waals surface area contributed by atoms with Gasteiger partial charge in [0.15, 0.2) is 0 Å². The molecule has 0 bridgehead atoms. The lowest BCUT2D eigenvalue weighted by atomic mass is 9.86. The first-order chi connectivity index (χ1) is 10.2. The molecule has 5 heteroatoms. The fourth-order valence-corrected chi connectivity index (χ4v) is 3.84. The molecule has 0 radical (unpaired) electrons. The van der Waals surface area contributed by atoms with Gasteiger partial charge in [0.2, 0.25) is 5.91 Å². The topological polar surface area (TPSA) is 53.6 Å². The molecule has 0 saturated carbocycles. The number of carbonyl (C=O) groups is 1. The van der Waals surface area contributed by atoms with Gasteiger partial charge in [-0.2, -0.15) is 0 Å². The van der Waals surface area contributed by atoms with Crippen LogP contribution >= 0.6 is 0 Å². The number of likely N-dealkylation sites (tertiary alicyclic amines) is 1. The van der Waals surface area contributed by atoms with Gasteiger partial charge in [-0.25, -0.2) is 0 Å². The van der Waals surface area contributed by atoms with Crippen molar-refractivity contribution in [1.29, 1.82) is 0 Å². The minimum absolute atomic E-state index is 0.127. The summed E-state index contributed by atoms with van der Waals surface area (Å²) in [5.41, 5.74) is 0.141. The lowest BCUT2D eigenvalue weighted by Gasteiger charge is -2.45. The SMILES string of the molecule is CC(C(=O)NCC1(N2CCCC2)CCOCC1)C1CNC1. The minimum Gasteiger partial charge on any atom is -0.381 e. The predicted octanol–water partition coefficient (Wildman–Crippen LogP) is 0.603. The van der Waals surface area contributed by atoms with Crippen LogP contribution in [0, 0.1) is 11.8 Å². The Morgan fingerprint density at radius 2 is 2.00 bits per heavy atom. The van der Waals surface area contributed by atoms with Crippen molar-refractivity contribution < 1.29 is 9.53 Å². The van der Waals surface area contributed by atoms with Gasteiger partial charge in [-0.15, -0.1) is 0 Å². The molecule has 1 amide bonds. The van der Waals surface area contributed by atoms with E-state index in [2.05, 4.69) is 22.5 Å². The quantitative estimate of drug-likeness (QED) is 0.780. The van der Waals surface area contributed by atoms with Gasteiger partial charge in [-0.05, 0) is 57.8 Å². The highest BCUT2D eigenvalue weighted by molar-refractivity contribution is 5.78. The van der Waals surface area contributed by atoms with Crippen LogP contribution in [-0.4, -0.2) is 62.3 Å². The second kappa shape index (κ2) is 6.63. The predicted molar refractivity (Wildman–Crippen MR) is 82.1 cm³/mol. The number of rotatable bonds is 5. The third-order valence-electron chi connectivity index (χ3n) is 5.73. The van der Waals surface area contributed by atoms with E-state index in [0.717, 1.165) is 45.7 Å². The number of nitrogens with zero attached hydrogens (tertiary/aromatic N) is 1. The Morgan fingerprint density at radius 3 is 2.57 bits per heavy atom. The first-order valence-corrected chi connectivity index (χ1v) is 8.52. The number of carbonyl (C=O) groups excluding carboxylic acids is 1. The number of hydrogen-bond donors (Lipinski definition) is 2. The highest BCUT2D eigenvalue weighted by Gasteiger charge is 2.40. The molecule has 3 fully saturated rings. The molecule has 3 aliphatic rings. The van der Waals surface area contributed by atoms with Crippen molar-refractivity contribution in [3.63, 3.8) is 0 Å². The molecule has 3 rings (SSSR count). The lowest BCUT2D eigenvalue weighted by molar-refractivity contribution is -0.128. The van der Waals surface area contributed by atoms with Crippen molar-refractivity contribution in [2.24, 2.45) is 11.8 Å². The Bertz CT molecular complexity index is 359. The summed E-state index contributed by atoms with van der Waals surface area (Å²) in [6.07, 6.45) is 4.68. The Morgan fingerprint density at radius 1 is 1.33 bits per heavy atom. The summed E-state index contributed by atoms with van der Waals surface area (Å²) in [7, 11) is 0. The van der Waals surface area contributed by atoms with Crippen LogP contribution in [0.1, 0.15) is 32.6 Å². The summed E-state index contributed by atoms with van der Waals surface area (Å²) in [6, 6.07) is 0.